The zero-order chi connectivity index (χ0) is 9.61. The molecule has 0 amide bonds. The van der Waals surface area contributed by atoms with E-state index in [9.17, 15) is 0 Å². The first kappa shape index (κ1) is 12.2. The molecule has 1 N–H and O–H groups in total. The SMILES string of the molecule is CC(CCCl)NCCC(C)(C)C. The molecule has 0 aromatic rings. The van der Waals surface area contributed by atoms with Crippen molar-refractivity contribution in [2.45, 2.75) is 46.6 Å². The van der Waals surface area contributed by atoms with Crippen molar-refractivity contribution in [1.82, 2.24) is 5.32 Å². The van der Waals surface area contributed by atoms with Crippen LogP contribution in [0.4, 0.5) is 0 Å². The molecule has 0 rings (SSSR count). The fraction of sp³-hybridized carbons (Fsp3) is 1.00. The maximum Gasteiger partial charge on any atom is 0.0238 e. The van der Waals surface area contributed by atoms with Crippen LogP contribution < -0.4 is 5.32 Å². The summed E-state index contributed by atoms with van der Waals surface area (Å²) in [6.07, 6.45) is 2.28. The molecule has 0 radical (unpaired) electrons. The molecule has 0 fully saturated rings. The number of alkyl halides is 1. The van der Waals surface area contributed by atoms with Crippen LogP contribution in [0, 0.1) is 5.41 Å². The maximum absolute atomic E-state index is 5.63. The number of halogens is 1. The number of hydrogen-bond donors (Lipinski definition) is 1. The summed E-state index contributed by atoms with van der Waals surface area (Å²) in [4.78, 5) is 0. The first-order chi connectivity index (χ1) is 5.45. The Kier molecular flexibility index (Phi) is 5.94. The Morgan fingerprint density at radius 1 is 1.33 bits per heavy atom. The Hall–Kier alpha value is 0.250. The van der Waals surface area contributed by atoms with E-state index in [-0.39, 0.29) is 0 Å². The molecule has 1 atom stereocenters. The largest absolute Gasteiger partial charge is 0.314 e. The first-order valence-corrected chi connectivity index (χ1v) is 5.28. The quantitative estimate of drug-likeness (QED) is 0.659. The molecule has 0 aromatic carbocycles. The molecule has 0 bridgehead atoms. The molecule has 0 aliphatic rings. The van der Waals surface area contributed by atoms with Gasteiger partial charge in [-0.25, -0.2) is 0 Å². The van der Waals surface area contributed by atoms with Gasteiger partial charge in [-0.3, -0.25) is 0 Å². The Labute approximate surface area is 81.9 Å². The standard InChI is InChI=1S/C10H22ClN/c1-9(5-7-11)12-8-6-10(2,3)4/h9,12H,5-8H2,1-4H3. The predicted octanol–water partition coefficient (Wildman–Crippen LogP) is 3.03. The summed E-state index contributed by atoms with van der Waals surface area (Å²) in [7, 11) is 0. The van der Waals surface area contributed by atoms with Crippen LogP contribution in [0.15, 0.2) is 0 Å². The number of nitrogens with one attached hydrogen (secondary N) is 1. The van der Waals surface area contributed by atoms with E-state index in [4.69, 9.17) is 11.6 Å². The van der Waals surface area contributed by atoms with Gasteiger partial charge in [0.1, 0.15) is 0 Å². The van der Waals surface area contributed by atoms with Crippen molar-refractivity contribution < 1.29 is 0 Å². The normalized spacial score (nSPS) is 14.8. The van der Waals surface area contributed by atoms with Crippen LogP contribution in [-0.4, -0.2) is 18.5 Å². The second kappa shape index (κ2) is 5.82. The molecule has 12 heavy (non-hydrogen) atoms. The zero-order valence-electron chi connectivity index (χ0n) is 8.78. The molecule has 1 nitrogen and oxygen atoms in total. The minimum Gasteiger partial charge on any atom is -0.314 e. The summed E-state index contributed by atoms with van der Waals surface area (Å²) < 4.78 is 0. The summed E-state index contributed by atoms with van der Waals surface area (Å²) >= 11 is 5.63. The third kappa shape index (κ3) is 8.35. The van der Waals surface area contributed by atoms with E-state index in [1.165, 1.54) is 6.42 Å². The third-order valence-electron chi connectivity index (χ3n) is 1.91. The van der Waals surface area contributed by atoms with Gasteiger partial charge in [-0.15, -0.1) is 11.6 Å². The lowest BCUT2D eigenvalue weighted by Crippen LogP contribution is -2.29. The minimum atomic E-state index is 0.438. The van der Waals surface area contributed by atoms with E-state index in [2.05, 4.69) is 33.0 Å². The molecular weight excluding hydrogens is 170 g/mol. The van der Waals surface area contributed by atoms with Crippen molar-refractivity contribution in [3.63, 3.8) is 0 Å². The van der Waals surface area contributed by atoms with Crippen LogP contribution in [0.1, 0.15) is 40.5 Å². The highest BCUT2D eigenvalue weighted by Crippen LogP contribution is 2.17. The average Bonchev–Trinajstić information content (AvgIpc) is 1.84. The lowest BCUT2D eigenvalue weighted by atomic mass is 9.92. The number of hydrogen-bond acceptors (Lipinski definition) is 1. The molecule has 0 saturated carbocycles. The minimum absolute atomic E-state index is 0.438. The van der Waals surface area contributed by atoms with Crippen molar-refractivity contribution >= 4 is 11.6 Å². The van der Waals surface area contributed by atoms with Gasteiger partial charge in [-0.05, 0) is 31.7 Å². The van der Waals surface area contributed by atoms with Gasteiger partial charge in [0.25, 0.3) is 0 Å². The molecule has 0 aromatic heterocycles. The van der Waals surface area contributed by atoms with E-state index in [0.29, 0.717) is 11.5 Å². The van der Waals surface area contributed by atoms with Gasteiger partial charge in [-0.1, -0.05) is 20.8 Å². The third-order valence-corrected chi connectivity index (χ3v) is 2.13. The number of rotatable bonds is 5. The van der Waals surface area contributed by atoms with Gasteiger partial charge < -0.3 is 5.32 Å². The Morgan fingerprint density at radius 3 is 2.33 bits per heavy atom. The van der Waals surface area contributed by atoms with E-state index in [1.807, 2.05) is 0 Å². The summed E-state index contributed by atoms with van der Waals surface area (Å²) in [5.41, 5.74) is 0.438. The summed E-state index contributed by atoms with van der Waals surface area (Å²) in [6.45, 7) is 10.1. The zero-order valence-corrected chi connectivity index (χ0v) is 9.54. The highest BCUT2D eigenvalue weighted by Gasteiger charge is 2.09. The summed E-state index contributed by atoms with van der Waals surface area (Å²) in [5.74, 6) is 0.754. The van der Waals surface area contributed by atoms with Crippen molar-refractivity contribution in [3.8, 4) is 0 Å². The molecule has 2 heteroatoms. The van der Waals surface area contributed by atoms with Crippen LogP contribution in [0.5, 0.6) is 0 Å². The van der Waals surface area contributed by atoms with Gasteiger partial charge in [-0.2, -0.15) is 0 Å². The van der Waals surface area contributed by atoms with Crippen molar-refractivity contribution in [1.29, 1.82) is 0 Å². The molecular formula is C10H22ClN. The smallest absolute Gasteiger partial charge is 0.0238 e. The fourth-order valence-electron chi connectivity index (χ4n) is 0.959. The van der Waals surface area contributed by atoms with Gasteiger partial charge in [0, 0.05) is 11.9 Å². The van der Waals surface area contributed by atoms with Crippen LogP contribution in [-0.2, 0) is 0 Å². The van der Waals surface area contributed by atoms with Gasteiger partial charge in [0.15, 0.2) is 0 Å². The molecule has 74 valence electrons. The van der Waals surface area contributed by atoms with Gasteiger partial charge in [0.2, 0.25) is 0 Å². The molecule has 0 heterocycles. The van der Waals surface area contributed by atoms with Gasteiger partial charge in [0.05, 0.1) is 0 Å². The van der Waals surface area contributed by atoms with Crippen LogP contribution in [0.3, 0.4) is 0 Å². The molecule has 0 saturated heterocycles. The highest BCUT2D eigenvalue weighted by molar-refractivity contribution is 6.17. The summed E-state index contributed by atoms with van der Waals surface area (Å²) in [6, 6.07) is 0.560. The van der Waals surface area contributed by atoms with Crippen molar-refractivity contribution in [2.24, 2.45) is 5.41 Å². The van der Waals surface area contributed by atoms with E-state index >= 15 is 0 Å². The van der Waals surface area contributed by atoms with Crippen LogP contribution in [0.2, 0.25) is 0 Å². The monoisotopic (exact) mass is 191 g/mol. The molecule has 0 aliphatic heterocycles. The summed E-state index contributed by atoms with van der Waals surface area (Å²) in [5, 5.41) is 3.46. The van der Waals surface area contributed by atoms with Crippen molar-refractivity contribution in [2.75, 3.05) is 12.4 Å². The Morgan fingerprint density at radius 2 is 1.92 bits per heavy atom. The van der Waals surface area contributed by atoms with Crippen LogP contribution >= 0.6 is 11.6 Å². The van der Waals surface area contributed by atoms with E-state index in [0.717, 1.165) is 18.8 Å². The first-order valence-electron chi connectivity index (χ1n) is 4.75. The van der Waals surface area contributed by atoms with E-state index < -0.39 is 0 Å². The Bertz CT molecular complexity index is 107. The second-order valence-corrected chi connectivity index (χ2v) is 5.02. The average molecular weight is 192 g/mol. The topological polar surface area (TPSA) is 12.0 Å². The maximum atomic E-state index is 5.63. The highest BCUT2D eigenvalue weighted by atomic mass is 35.5. The van der Waals surface area contributed by atoms with Gasteiger partial charge >= 0.3 is 0 Å². The van der Waals surface area contributed by atoms with E-state index in [1.54, 1.807) is 0 Å². The molecule has 0 spiro atoms. The fourth-order valence-corrected chi connectivity index (χ4v) is 1.29. The molecule has 0 aliphatic carbocycles. The second-order valence-electron chi connectivity index (χ2n) is 4.64. The predicted molar refractivity (Wildman–Crippen MR) is 56.9 cm³/mol. The molecule has 1 unspecified atom stereocenters. The van der Waals surface area contributed by atoms with Crippen molar-refractivity contribution in [3.05, 3.63) is 0 Å². The Balaban J connectivity index is 3.31. The van der Waals surface area contributed by atoms with Crippen LogP contribution in [0.25, 0.3) is 0 Å². The lowest BCUT2D eigenvalue weighted by Gasteiger charge is -2.20. The lowest BCUT2D eigenvalue weighted by molar-refractivity contribution is 0.355.